The number of fused-ring (bicyclic) bond motifs is 3. The summed E-state index contributed by atoms with van der Waals surface area (Å²) in [4.78, 5) is 11.8. The number of imidazole rings is 1. The molecule has 124 valence electrons. The molecule has 1 aliphatic heterocycles. The Morgan fingerprint density at radius 3 is 2.60 bits per heavy atom. The van der Waals surface area contributed by atoms with Gasteiger partial charge in [0.15, 0.2) is 11.5 Å². The van der Waals surface area contributed by atoms with Crippen molar-refractivity contribution >= 4 is 22.5 Å². The van der Waals surface area contributed by atoms with Crippen molar-refractivity contribution in [3.63, 3.8) is 0 Å². The van der Waals surface area contributed by atoms with Crippen molar-refractivity contribution in [2.75, 3.05) is 31.2 Å². The van der Waals surface area contributed by atoms with Gasteiger partial charge in [-0.2, -0.15) is 0 Å². The molecule has 0 amide bonds. The van der Waals surface area contributed by atoms with E-state index in [9.17, 15) is 0 Å². The number of benzene rings is 2. The fourth-order valence-corrected chi connectivity index (χ4v) is 3.44. The number of morpholine rings is 1. The first-order chi connectivity index (χ1) is 12.4. The molecule has 0 aliphatic carbocycles. The summed E-state index contributed by atoms with van der Waals surface area (Å²) >= 11 is 0. The fourth-order valence-electron chi connectivity index (χ4n) is 3.44. The second kappa shape index (κ2) is 5.86. The Morgan fingerprint density at radius 1 is 0.920 bits per heavy atom. The second-order valence-electron chi connectivity index (χ2n) is 6.23. The van der Waals surface area contributed by atoms with Crippen LogP contribution in [0.3, 0.4) is 0 Å². The van der Waals surface area contributed by atoms with Gasteiger partial charge in [-0.3, -0.25) is 4.40 Å². The van der Waals surface area contributed by atoms with E-state index in [-0.39, 0.29) is 0 Å². The molecule has 0 unspecified atom stereocenters. The molecule has 5 nitrogen and oxygen atoms in total. The van der Waals surface area contributed by atoms with Gasteiger partial charge in [-0.25, -0.2) is 9.97 Å². The SMILES string of the molecule is c1ccc(-c2ccc3c(c2)nc(N2CCOCC2)c2nccn23)cc1. The van der Waals surface area contributed by atoms with Gasteiger partial charge in [0.1, 0.15) is 0 Å². The molecule has 2 aromatic heterocycles. The van der Waals surface area contributed by atoms with E-state index in [1.165, 1.54) is 11.1 Å². The average molecular weight is 330 g/mol. The van der Waals surface area contributed by atoms with Crippen LogP contribution in [0.2, 0.25) is 0 Å². The molecule has 0 atom stereocenters. The van der Waals surface area contributed by atoms with E-state index >= 15 is 0 Å². The van der Waals surface area contributed by atoms with Crippen molar-refractivity contribution in [2.45, 2.75) is 0 Å². The number of nitrogens with zero attached hydrogens (tertiary/aromatic N) is 4. The minimum atomic E-state index is 0.733. The van der Waals surface area contributed by atoms with Crippen LogP contribution >= 0.6 is 0 Å². The lowest BCUT2D eigenvalue weighted by Crippen LogP contribution is -2.37. The van der Waals surface area contributed by atoms with Crippen LogP contribution in [0.5, 0.6) is 0 Å². The predicted octanol–water partition coefficient (Wildman–Crippen LogP) is 3.39. The number of rotatable bonds is 2. The Labute approximate surface area is 145 Å². The topological polar surface area (TPSA) is 42.7 Å². The molecule has 2 aromatic carbocycles. The molecule has 25 heavy (non-hydrogen) atoms. The van der Waals surface area contributed by atoms with E-state index in [4.69, 9.17) is 9.72 Å². The van der Waals surface area contributed by atoms with Gasteiger partial charge in [-0.15, -0.1) is 0 Å². The maximum Gasteiger partial charge on any atom is 0.180 e. The van der Waals surface area contributed by atoms with Gasteiger partial charge in [-0.05, 0) is 23.3 Å². The molecular formula is C20H18N4O. The number of hydrogen-bond acceptors (Lipinski definition) is 4. The molecule has 3 heterocycles. The van der Waals surface area contributed by atoms with Crippen molar-refractivity contribution in [2.24, 2.45) is 0 Å². The van der Waals surface area contributed by atoms with E-state index in [1.54, 1.807) is 0 Å². The Morgan fingerprint density at radius 2 is 1.76 bits per heavy atom. The molecule has 0 bridgehead atoms. The van der Waals surface area contributed by atoms with Gasteiger partial charge in [-0.1, -0.05) is 36.4 Å². The average Bonchev–Trinajstić information content (AvgIpc) is 3.18. The third-order valence-electron chi connectivity index (χ3n) is 4.72. The summed E-state index contributed by atoms with van der Waals surface area (Å²) in [5.74, 6) is 0.936. The largest absolute Gasteiger partial charge is 0.378 e. The molecule has 1 saturated heterocycles. The normalized spacial score (nSPS) is 15.1. The van der Waals surface area contributed by atoms with Crippen molar-refractivity contribution in [3.05, 3.63) is 60.9 Å². The van der Waals surface area contributed by atoms with Gasteiger partial charge in [0.2, 0.25) is 0 Å². The Bertz CT molecular complexity index is 1040. The summed E-state index contributed by atoms with van der Waals surface area (Å²) in [6.07, 6.45) is 3.84. The standard InChI is InChI=1S/C20H18N4O/c1-2-4-15(5-3-1)16-6-7-18-17(14-16)22-20(19-21-8-9-24(18)19)23-10-12-25-13-11-23/h1-9,14H,10-13H2. The third-order valence-corrected chi connectivity index (χ3v) is 4.72. The lowest BCUT2D eigenvalue weighted by atomic mass is 10.1. The zero-order valence-corrected chi connectivity index (χ0v) is 13.8. The van der Waals surface area contributed by atoms with E-state index in [2.05, 4.69) is 56.7 Å². The van der Waals surface area contributed by atoms with Crippen molar-refractivity contribution in [1.82, 2.24) is 14.4 Å². The Balaban J connectivity index is 1.72. The van der Waals surface area contributed by atoms with Crippen molar-refractivity contribution in [3.8, 4) is 11.1 Å². The highest BCUT2D eigenvalue weighted by Gasteiger charge is 2.18. The summed E-state index contributed by atoms with van der Waals surface area (Å²) in [6.45, 7) is 3.16. The summed E-state index contributed by atoms with van der Waals surface area (Å²) in [7, 11) is 0. The predicted molar refractivity (Wildman–Crippen MR) is 99.0 cm³/mol. The molecule has 0 N–H and O–H groups in total. The van der Waals surface area contributed by atoms with Crippen LogP contribution in [0, 0.1) is 0 Å². The van der Waals surface area contributed by atoms with E-state index in [0.29, 0.717) is 0 Å². The summed E-state index contributed by atoms with van der Waals surface area (Å²) in [5.41, 5.74) is 5.33. The van der Waals surface area contributed by atoms with Crippen LogP contribution in [0.4, 0.5) is 5.82 Å². The van der Waals surface area contributed by atoms with Crippen LogP contribution in [0.25, 0.3) is 27.8 Å². The first-order valence-corrected chi connectivity index (χ1v) is 8.55. The monoisotopic (exact) mass is 330 g/mol. The molecule has 0 spiro atoms. The van der Waals surface area contributed by atoms with Gasteiger partial charge >= 0.3 is 0 Å². The zero-order chi connectivity index (χ0) is 16.6. The first kappa shape index (κ1) is 14.4. The van der Waals surface area contributed by atoms with Crippen LogP contribution in [-0.2, 0) is 4.74 Å². The van der Waals surface area contributed by atoms with Gasteiger partial charge in [0.25, 0.3) is 0 Å². The molecular weight excluding hydrogens is 312 g/mol. The molecule has 5 heteroatoms. The zero-order valence-electron chi connectivity index (χ0n) is 13.8. The summed E-state index contributed by atoms with van der Waals surface area (Å²) in [5, 5.41) is 0. The lowest BCUT2D eigenvalue weighted by molar-refractivity contribution is 0.122. The number of ether oxygens (including phenoxy) is 1. The van der Waals surface area contributed by atoms with Crippen LogP contribution in [0.15, 0.2) is 60.9 Å². The molecule has 0 saturated carbocycles. The van der Waals surface area contributed by atoms with Crippen LogP contribution < -0.4 is 4.90 Å². The highest BCUT2D eigenvalue weighted by atomic mass is 16.5. The fraction of sp³-hybridized carbons (Fsp3) is 0.200. The van der Waals surface area contributed by atoms with E-state index in [1.807, 2.05) is 18.5 Å². The van der Waals surface area contributed by atoms with Gasteiger partial charge < -0.3 is 9.64 Å². The Kier molecular flexibility index (Phi) is 3.38. The Hall–Kier alpha value is -2.92. The molecule has 0 radical (unpaired) electrons. The quantitative estimate of drug-likeness (QED) is 0.565. The molecule has 4 aromatic rings. The third kappa shape index (κ3) is 2.44. The number of aromatic nitrogens is 3. The second-order valence-corrected chi connectivity index (χ2v) is 6.23. The van der Waals surface area contributed by atoms with Gasteiger partial charge in [0.05, 0.1) is 24.2 Å². The highest BCUT2D eigenvalue weighted by Crippen LogP contribution is 2.28. The summed E-state index contributed by atoms with van der Waals surface area (Å²) < 4.78 is 7.61. The number of hydrogen-bond donors (Lipinski definition) is 0. The highest BCUT2D eigenvalue weighted by molar-refractivity contribution is 5.87. The van der Waals surface area contributed by atoms with Crippen molar-refractivity contribution in [1.29, 1.82) is 0 Å². The smallest absolute Gasteiger partial charge is 0.180 e. The maximum atomic E-state index is 5.48. The number of anilines is 1. The molecule has 5 rings (SSSR count). The first-order valence-electron chi connectivity index (χ1n) is 8.55. The van der Waals surface area contributed by atoms with Crippen LogP contribution in [-0.4, -0.2) is 40.7 Å². The van der Waals surface area contributed by atoms with E-state index < -0.39 is 0 Å². The van der Waals surface area contributed by atoms with E-state index in [0.717, 1.165) is 48.8 Å². The minimum absolute atomic E-state index is 0.733. The maximum absolute atomic E-state index is 5.48. The molecule has 1 aliphatic rings. The lowest BCUT2D eigenvalue weighted by Gasteiger charge is -2.28. The van der Waals surface area contributed by atoms with Crippen LogP contribution in [0.1, 0.15) is 0 Å². The molecule has 1 fully saturated rings. The minimum Gasteiger partial charge on any atom is -0.378 e. The van der Waals surface area contributed by atoms with Crippen molar-refractivity contribution < 1.29 is 4.74 Å². The van der Waals surface area contributed by atoms with Gasteiger partial charge in [0, 0.05) is 25.5 Å². The summed E-state index contributed by atoms with van der Waals surface area (Å²) in [6, 6.07) is 16.8.